The van der Waals surface area contributed by atoms with Crippen LogP contribution in [0.25, 0.3) is 0 Å². The van der Waals surface area contributed by atoms with Gasteiger partial charge in [0.2, 0.25) is 10.0 Å². The number of hydrogen-bond acceptors (Lipinski definition) is 4. The van der Waals surface area contributed by atoms with E-state index in [1.165, 1.54) is 0 Å². The van der Waals surface area contributed by atoms with Crippen molar-refractivity contribution in [2.24, 2.45) is 5.92 Å². The van der Waals surface area contributed by atoms with Gasteiger partial charge in [-0.15, -0.1) is 0 Å². The molecule has 1 saturated carbocycles. The fourth-order valence-corrected chi connectivity index (χ4v) is 4.85. The minimum Gasteiger partial charge on any atom is -0.452 e. The number of hydrogen-bond donors (Lipinski definition) is 2. The van der Waals surface area contributed by atoms with E-state index < -0.39 is 10.0 Å². The minimum absolute atomic E-state index is 0.0315. The molecule has 120 valence electrons. The highest BCUT2D eigenvalue weighted by atomic mass is 79.9. The maximum atomic E-state index is 12.4. The lowest BCUT2D eigenvalue weighted by Crippen LogP contribution is -2.32. The van der Waals surface area contributed by atoms with Gasteiger partial charge >= 0.3 is 0 Å². The summed E-state index contributed by atoms with van der Waals surface area (Å²) in [5, 5.41) is 3.20. The summed E-state index contributed by atoms with van der Waals surface area (Å²) in [6.07, 6.45) is 2.87. The first-order chi connectivity index (χ1) is 9.78. The van der Waals surface area contributed by atoms with Crippen LogP contribution in [0.1, 0.15) is 45.8 Å². The summed E-state index contributed by atoms with van der Waals surface area (Å²) in [5.74, 6) is 1.19. The average Bonchev–Trinajstić information content (AvgIpc) is 2.93. The van der Waals surface area contributed by atoms with E-state index in [1.54, 1.807) is 6.07 Å². The third-order valence-corrected chi connectivity index (χ3v) is 6.07. The Labute approximate surface area is 135 Å². The van der Waals surface area contributed by atoms with Crippen LogP contribution >= 0.6 is 15.9 Å². The van der Waals surface area contributed by atoms with Gasteiger partial charge in [0.05, 0.1) is 6.54 Å². The molecule has 2 atom stereocenters. The van der Waals surface area contributed by atoms with Gasteiger partial charge in [0.25, 0.3) is 0 Å². The van der Waals surface area contributed by atoms with E-state index >= 15 is 0 Å². The van der Waals surface area contributed by atoms with E-state index in [2.05, 4.69) is 32.9 Å². The predicted octanol–water partition coefficient (Wildman–Crippen LogP) is 3.01. The Morgan fingerprint density at radius 1 is 1.43 bits per heavy atom. The van der Waals surface area contributed by atoms with Gasteiger partial charge in [0.15, 0.2) is 4.67 Å². The summed E-state index contributed by atoms with van der Waals surface area (Å²) in [4.78, 5) is 0.183. The van der Waals surface area contributed by atoms with Crippen molar-refractivity contribution in [2.45, 2.75) is 63.6 Å². The Morgan fingerprint density at radius 2 is 2.14 bits per heavy atom. The molecule has 2 rings (SSSR count). The van der Waals surface area contributed by atoms with E-state index in [9.17, 15) is 8.42 Å². The lowest BCUT2D eigenvalue weighted by molar-refractivity contribution is 0.446. The summed E-state index contributed by atoms with van der Waals surface area (Å²) >= 11 is 3.21. The molecule has 0 aromatic carbocycles. The number of rotatable bonds is 6. The van der Waals surface area contributed by atoms with Crippen LogP contribution in [-0.4, -0.2) is 20.5 Å². The number of nitrogens with one attached hydrogen (secondary N) is 2. The van der Waals surface area contributed by atoms with Gasteiger partial charge in [-0.1, -0.05) is 20.8 Å². The highest BCUT2D eigenvalue weighted by molar-refractivity contribution is 9.10. The van der Waals surface area contributed by atoms with Gasteiger partial charge in [-0.25, -0.2) is 13.1 Å². The second-order valence-electron chi connectivity index (χ2n) is 6.12. The Bertz CT molecular complexity index is 583. The summed E-state index contributed by atoms with van der Waals surface area (Å²) in [7, 11) is -3.53. The largest absolute Gasteiger partial charge is 0.452 e. The first-order valence-corrected chi connectivity index (χ1v) is 9.59. The molecule has 5 nitrogen and oxygen atoms in total. The molecule has 0 spiro atoms. The molecule has 2 N–H and O–H groups in total. The normalized spacial score (nSPS) is 23.1. The van der Waals surface area contributed by atoms with Crippen molar-refractivity contribution in [1.82, 2.24) is 10.0 Å². The van der Waals surface area contributed by atoms with E-state index in [-0.39, 0.29) is 15.6 Å². The van der Waals surface area contributed by atoms with Crippen LogP contribution in [0.2, 0.25) is 0 Å². The molecular weight excluding hydrogens is 356 g/mol. The van der Waals surface area contributed by atoms with Gasteiger partial charge in [0.1, 0.15) is 10.7 Å². The highest BCUT2D eigenvalue weighted by Gasteiger charge is 2.29. The number of halogens is 1. The van der Waals surface area contributed by atoms with Crippen molar-refractivity contribution in [3.05, 3.63) is 16.5 Å². The van der Waals surface area contributed by atoms with Crippen molar-refractivity contribution in [3.63, 3.8) is 0 Å². The Morgan fingerprint density at radius 3 is 2.71 bits per heavy atom. The molecule has 1 fully saturated rings. The quantitative estimate of drug-likeness (QED) is 0.797. The maximum absolute atomic E-state index is 12.4. The van der Waals surface area contributed by atoms with Crippen LogP contribution in [0.15, 0.2) is 20.0 Å². The summed E-state index contributed by atoms with van der Waals surface area (Å²) in [6, 6.07) is 1.93. The van der Waals surface area contributed by atoms with Gasteiger partial charge < -0.3 is 9.73 Å². The molecule has 7 heteroatoms. The fourth-order valence-electron chi connectivity index (χ4n) is 2.57. The molecule has 0 amide bonds. The molecule has 0 aliphatic heterocycles. The van der Waals surface area contributed by atoms with Crippen molar-refractivity contribution in [1.29, 1.82) is 0 Å². The van der Waals surface area contributed by atoms with Crippen LogP contribution in [-0.2, 0) is 16.6 Å². The Kier molecular flexibility index (Phi) is 5.51. The lowest BCUT2D eigenvalue weighted by atomic mass is 10.1. The van der Waals surface area contributed by atoms with Gasteiger partial charge in [-0.3, -0.25) is 0 Å². The highest BCUT2D eigenvalue weighted by Crippen LogP contribution is 2.29. The van der Waals surface area contributed by atoms with Crippen LogP contribution in [0, 0.1) is 5.92 Å². The van der Waals surface area contributed by atoms with E-state index in [4.69, 9.17) is 4.42 Å². The SMILES string of the molecule is CC1CCC(NS(=O)(=O)c2cc(CNC(C)C)oc2Br)C1. The van der Waals surface area contributed by atoms with Crippen molar-refractivity contribution in [2.75, 3.05) is 0 Å². The van der Waals surface area contributed by atoms with Crippen LogP contribution in [0.3, 0.4) is 0 Å². The second kappa shape index (κ2) is 6.81. The Balaban J connectivity index is 2.08. The standard InChI is InChI=1S/C14H23BrN2O3S/c1-9(2)16-8-12-7-13(14(15)20-12)21(18,19)17-11-5-4-10(3)6-11/h7,9-11,16-17H,4-6,8H2,1-3H3. The van der Waals surface area contributed by atoms with Crippen molar-refractivity contribution < 1.29 is 12.8 Å². The zero-order valence-corrected chi connectivity index (χ0v) is 15.1. The molecule has 2 unspecified atom stereocenters. The molecular formula is C14H23BrN2O3S. The summed E-state index contributed by atoms with van der Waals surface area (Å²) < 4.78 is 33.4. The zero-order chi connectivity index (χ0) is 15.6. The zero-order valence-electron chi connectivity index (χ0n) is 12.6. The topological polar surface area (TPSA) is 71.3 Å². The number of sulfonamides is 1. The lowest BCUT2D eigenvalue weighted by Gasteiger charge is -2.11. The Hall–Kier alpha value is -0.370. The van der Waals surface area contributed by atoms with E-state index in [0.717, 1.165) is 19.3 Å². The molecule has 0 radical (unpaired) electrons. The smallest absolute Gasteiger partial charge is 0.245 e. The fraction of sp³-hybridized carbons (Fsp3) is 0.714. The first-order valence-electron chi connectivity index (χ1n) is 7.32. The van der Waals surface area contributed by atoms with Gasteiger partial charge in [0, 0.05) is 18.2 Å². The molecule has 1 heterocycles. The van der Waals surface area contributed by atoms with Crippen LogP contribution in [0.5, 0.6) is 0 Å². The van der Waals surface area contributed by atoms with Crippen molar-refractivity contribution in [3.8, 4) is 0 Å². The summed E-state index contributed by atoms with van der Waals surface area (Å²) in [5.41, 5.74) is 0. The predicted molar refractivity (Wildman–Crippen MR) is 85.5 cm³/mol. The van der Waals surface area contributed by atoms with Crippen LogP contribution in [0.4, 0.5) is 0 Å². The molecule has 1 aliphatic carbocycles. The molecule has 1 aromatic rings. The molecule has 21 heavy (non-hydrogen) atoms. The average molecular weight is 379 g/mol. The first kappa shape index (κ1) is 17.0. The molecule has 1 aliphatic rings. The second-order valence-corrected chi connectivity index (χ2v) is 8.53. The maximum Gasteiger partial charge on any atom is 0.245 e. The third-order valence-electron chi connectivity index (χ3n) is 3.70. The van der Waals surface area contributed by atoms with Gasteiger partial charge in [-0.2, -0.15) is 0 Å². The summed E-state index contributed by atoms with van der Waals surface area (Å²) in [6.45, 7) is 6.71. The molecule has 1 aromatic heterocycles. The monoisotopic (exact) mass is 378 g/mol. The molecule has 0 bridgehead atoms. The number of furan rings is 1. The van der Waals surface area contributed by atoms with Crippen molar-refractivity contribution >= 4 is 26.0 Å². The van der Waals surface area contributed by atoms with Gasteiger partial charge in [-0.05, 0) is 41.1 Å². The minimum atomic E-state index is -3.53. The molecule has 0 saturated heterocycles. The third kappa shape index (κ3) is 4.55. The van der Waals surface area contributed by atoms with E-state index in [0.29, 0.717) is 24.3 Å². The van der Waals surface area contributed by atoms with Crippen LogP contribution < -0.4 is 10.0 Å². The van der Waals surface area contributed by atoms with E-state index in [1.807, 2.05) is 13.8 Å².